The Morgan fingerprint density at radius 3 is 2.43 bits per heavy atom. The second-order valence-electron chi connectivity index (χ2n) is 6.27. The van der Waals surface area contributed by atoms with Crippen LogP contribution in [0.15, 0.2) is 24.3 Å². The number of rotatable bonds is 5. The van der Waals surface area contributed by atoms with Gasteiger partial charge in [0.25, 0.3) is 5.91 Å². The zero-order valence-electron chi connectivity index (χ0n) is 13.8. The number of nitrogens with zero attached hydrogens (tertiary/aromatic N) is 1. The van der Waals surface area contributed by atoms with Gasteiger partial charge < -0.3 is 10.2 Å². The van der Waals surface area contributed by atoms with Gasteiger partial charge in [0, 0.05) is 35.6 Å². The Labute approximate surface area is 143 Å². The minimum atomic E-state index is 0.0138. The van der Waals surface area contributed by atoms with Crippen molar-refractivity contribution in [3.63, 3.8) is 0 Å². The van der Waals surface area contributed by atoms with Gasteiger partial charge in [-0.1, -0.05) is 24.9 Å². The molecule has 0 aliphatic carbocycles. The zero-order valence-corrected chi connectivity index (χ0v) is 14.6. The Bertz CT molecular complexity index is 536. The van der Waals surface area contributed by atoms with Gasteiger partial charge in [0.1, 0.15) is 0 Å². The number of hydrogen-bond acceptors (Lipinski definition) is 2. The summed E-state index contributed by atoms with van der Waals surface area (Å²) in [5.41, 5.74) is 0.647. The van der Waals surface area contributed by atoms with E-state index < -0.39 is 0 Å². The van der Waals surface area contributed by atoms with Crippen molar-refractivity contribution >= 4 is 23.4 Å². The molecule has 0 aromatic heterocycles. The summed E-state index contributed by atoms with van der Waals surface area (Å²) in [6.07, 6.45) is 3.52. The monoisotopic (exact) mass is 336 g/mol. The molecule has 0 spiro atoms. The van der Waals surface area contributed by atoms with Crippen LogP contribution in [-0.2, 0) is 4.79 Å². The summed E-state index contributed by atoms with van der Waals surface area (Å²) in [6, 6.07) is 7.17. The summed E-state index contributed by atoms with van der Waals surface area (Å²) < 4.78 is 0. The van der Waals surface area contributed by atoms with Crippen LogP contribution in [0.5, 0.6) is 0 Å². The van der Waals surface area contributed by atoms with E-state index in [0.717, 1.165) is 25.7 Å². The highest BCUT2D eigenvalue weighted by Crippen LogP contribution is 2.20. The van der Waals surface area contributed by atoms with E-state index in [1.165, 1.54) is 0 Å². The van der Waals surface area contributed by atoms with Crippen LogP contribution < -0.4 is 5.32 Å². The quantitative estimate of drug-likeness (QED) is 0.894. The van der Waals surface area contributed by atoms with Crippen LogP contribution in [0.25, 0.3) is 0 Å². The van der Waals surface area contributed by atoms with Gasteiger partial charge in [-0.3, -0.25) is 9.59 Å². The molecular weight excluding hydrogens is 312 g/mol. The summed E-state index contributed by atoms with van der Waals surface area (Å²) in [6.45, 7) is 5.41. The van der Waals surface area contributed by atoms with Crippen LogP contribution in [-0.4, -0.2) is 35.8 Å². The fraction of sp³-hybridized carbons (Fsp3) is 0.556. The SMILES string of the molecule is CCCC(C)NC(=O)C1CCN(C(=O)c2ccc(Cl)cc2)CC1. The highest BCUT2D eigenvalue weighted by molar-refractivity contribution is 6.30. The minimum Gasteiger partial charge on any atom is -0.353 e. The first-order chi connectivity index (χ1) is 11.0. The first kappa shape index (κ1) is 17.8. The third-order valence-corrected chi connectivity index (χ3v) is 4.61. The minimum absolute atomic E-state index is 0.0138. The van der Waals surface area contributed by atoms with Crippen LogP contribution in [0, 0.1) is 5.92 Å². The van der Waals surface area contributed by atoms with Gasteiger partial charge in [0.2, 0.25) is 5.91 Å². The number of hydrogen-bond donors (Lipinski definition) is 1. The molecule has 2 amide bonds. The van der Waals surface area contributed by atoms with E-state index in [2.05, 4.69) is 12.2 Å². The van der Waals surface area contributed by atoms with Crippen molar-refractivity contribution < 1.29 is 9.59 Å². The fourth-order valence-corrected chi connectivity index (χ4v) is 3.11. The molecule has 0 bridgehead atoms. The van der Waals surface area contributed by atoms with Gasteiger partial charge in [-0.2, -0.15) is 0 Å². The molecule has 1 N–H and O–H groups in total. The summed E-state index contributed by atoms with van der Waals surface area (Å²) in [4.78, 5) is 26.5. The van der Waals surface area contributed by atoms with Crippen molar-refractivity contribution in [1.82, 2.24) is 10.2 Å². The number of benzene rings is 1. The molecule has 2 rings (SSSR count). The van der Waals surface area contributed by atoms with Crippen molar-refractivity contribution in [2.75, 3.05) is 13.1 Å². The molecule has 5 heteroatoms. The first-order valence-corrected chi connectivity index (χ1v) is 8.74. The predicted molar refractivity (Wildman–Crippen MR) is 92.6 cm³/mol. The Kier molecular flexibility index (Phi) is 6.46. The number of piperidine rings is 1. The topological polar surface area (TPSA) is 49.4 Å². The maximum atomic E-state index is 12.4. The van der Waals surface area contributed by atoms with Gasteiger partial charge in [-0.05, 0) is 50.5 Å². The Balaban J connectivity index is 1.84. The Hall–Kier alpha value is -1.55. The van der Waals surface area contributed by atoms with Crippen LogP contribution in [0.4, 0.5) is 0 Å². The molecule has 1 aromatic rings. The number of nitrogens with one attached hydrogen (secondary N) is 1. The molecule has 1 unspecified atom stereocenters. The third-order valence-electron chi connectivity index (χ3n) is 4.35. The average molecular weight is 337 g/mol. The van der Waals surface area contributed by atoms with E-state index in [0.29, 0.717) is 23.7 Å². The molecule has 4 nitrogen and oxygen atoms in total. The average Bonchev–Trinajstić information content (AvgIpc) is 2.55. The first-order valence-electron chi connectivity index (χ1n) is 8.36. The summed E-state index contributed by atoms with van der Waals surface area (Å²) in [7, 11) is 0. The number of carbonyl (C=O) groups excluding carboxylic acids is 2. The van der Waals surface area contributed by atoms with Gasteiger partial charge >= 0.3 is 0 Å². The van der Waals surface area contributed by atoms with Crippen molar-refractivity contribution in [3.8, 4) is 0 Å². The smallest absolute Gasteiger partial charge is 0.253 e. The van der Waals surface area contributed by atoms with Gasteiger partial charge in [-0.15, -0.1) is 0 Å². The summed E-state index contributed by atoms with van der Waals surface area (Å²) >= 11 is 5.85. The van der Waals surface area contributed by atoms with Gasteiger partial charge in [-0.25, -0.2) is 0 Å². The summed E-state index contributed by atoms with van der Waals surface area (Å²) in [5, 5.41) is 3.70. The Morgan fingerprint density at radius 1 is 1.26 bits per heavy atom. The molecule has 1 aliphatic heterocycles. The standard InChI is InChI=1S/C18H25ClN2O2/c1-3-4-13(2)20-17(22)14-9-11-21(12-10-14)18(23)15-5-7-16(19)8-6-15/h5-8,13-14H,3-4,9-12H2,1-2H3,(H,20,22). The van der Waals surface area contributed by atoms with E-state index in [1.807, 2.05) is 11.8 Å². The number of carbonyl (C=O) groups is 2. The lowest BCUT2D eigenvalue weighted by atomic mass is 9.95. The number of amides is 2. The maximum absolute atomic E-state index is 12.4. The normalized spacial score (nSPS) is 16.9. The van der Waals surface area contributed by atoms with Crippen LogP contribution in [0.1, 0.15) is 49.9 Å². The van der Waals surface area contributed by atoms with Gasteiger partial charge in [0.15, 0.2) is 0 Å². The molecule has 0 radical (unpaired) electrons. The lowest BCUT2D eigenvalue weighted by Crippen LogP contribution is -2.44. The second-order valence-corrected chi connectivity index (χ2v) is 6.71. The largest absolute Gasteiger partial charge is 0.353 e. The summed E-state index contributed by atoms with van der Waals surface area (Å²) in [5.74, 6) is 0.160. The van der Waals surface area contributed by atoms with Crippen molar-refractivity contribution in [2.24, 2.45) is 5.92 Å². The second kappa shape index (κ2) is 8.34. The molecule has 1 aromatic carbocycles. The highest BCUT2D eigenvalue weighted by atomic mass is 35.5. The van der Waals surface area contributed by atoms with Crippen molar-refractivity contribution in [1.29, 1.82) is 0 Å². The van der Waals surface area contributed by atoms with E-state index in [4.69, 9.17) is 11.6 Å². The molecule has 1 heterocycles. The molecule has 23 heavy (non-hydrogen) atoms. The molecular formula is C18H25ClN2O2. The third kappa shape index (κ3) is 4.96. The lowest BCUT2D eigenvalue weighted by molar-refractivity contribution is -0.126. The van der Waals surface area contributed by atoms with Gasteiger partial charge in [0.05, 0.1) is 0 Å². The molecule has 1 atom stereocenters. The van der Waals surface area contributed by atoms with E-state index in [-0.39, 0.29) is 23.8 Å². The highest BCUT2D eigenvalue weighted by Gasteiger charge is 2.28. The molecule has 126 valence electrons. The van der Waals surface area contributed by atoms with Crippen LogP contribution >= 0.6 is 11.6 Å². The predicted octanol–water partition coefficient (Wildman–Crippen LogP) is 3.50. The lowest BCUT2D eigenvalue weighted by Gasteiger charge is -2.32. The molecule has 1 saturated heterocycles. The van der Waals surface area contributed by atoms with E-state index >= 15 is 0 Å². The van der Waals surface area contributed by atoms with Crippen LogP contribution in [0.3, 0.4) is 0 Å². The molecule has 1 aliphatic rings. The fourth-order valence-electron chi connectivity index (χ4n) is 2.99. The Morgan fingerprint density at radius 2 is 1.87 bits per heavy atom. The number of likely N-dealkylation sites (tertiary alicyclic amines) is 1. The van der Waals surface area contributed by atoms with Crippen LogP contribution in [0.2, 0.25) is 5.02 Å². The van der Waals surface area contributed by atoms with Crippen molar-refractivity contribution in [3.05, 3.63) is 34.9 Å². The van der Waals surface area contributed by atoms with E-state index in [9.17, 15) is 9.59 Å². The molecule has 1 fully saturated rings. The van der Waals surface area contributed by atoms with Crippen molar-refractivity contribution in [2.45, 2.75) is 45.6 Å². The number of halogens is 1. The zero-order chi connectivity index (χ0) is 16.8. The molecule has 0 saturated carbocycles. The van der Waals surface area contributed by atoms with E-state index in [1.54, 1.807) is 24.3 Å². The maximum Gasteiger partial charge on any atom is 0.253 e.